The number of ether oxygens (including phenoxy) is 3. The molecule has 8 heteroatoms. The summed E-state index contributed by atoms with van der Waals surface area (Å²) in [6, 6.07) is 13.0. The van der Waals surface area contributed by atoms with Gasteiger partial charge in [-0.2, -0.15) is 0 Å². The number of methoxy groups -OCH3 is 3. The molecule has 0 N–H and O–H groups in total. The van der Waals surface area contributed by atoms with Gasteiger partial charge in [-0.05, 0) is 55.3 Å². The highest BCUT2D eigenvalue weighted by Gasteiger charge is 2.25. The van der Waals surface area contributed by atoms with E-state index in [0.717, 1.165) is 27.0 Å². The van der Waals surface area contributed by atoms with Crippen molar-refractivity contribution < 1.29 is 19.0 Å². The monoisotopic (exact) mass is 463 g/mol. The van der Waals surface area contributed by atoms with E-state index >= 15 is 0 Å². The molecule has 0 aliphatic heterocycles. The second-order valence-electron chi connectivity index (χ2n) is 7.48. The van der Waals surface area contributed by atoms with Crippen molar-refractivity contribution in [3.8, 4) is 17.2 Å². The summed E-state index contributed by atoms with van der Waals surface area (Å²) in [5, 5.41) is 0.600. The first kappa shape index (κ1) is 22.5. The minimum Gasteiger partial charge on any atom is -0.493 e. The first-order chi connectivity index (χ1) is 16.0. The van der Waals surface area contributed by atoms with Crippen LogP contribution in [0.3, 0.4) is 0 Å². The minimum absolute atomic E-state index is 0.242. The van der Waals surface area contributed by atoms with Crippen LogP contribution in [0.4, 0.5) is 5.13 Å². The molecule has 2 heterocycles. The van der Waals surface area contributed by atoms with Crippen molar-refractivity contribution in [2.45, 2.75) is 20.4 Å². The van der Waals surface area contributed by atoms with Crippen LogP contribution in [0.5, 0.6) is 17.2 Å². The summed E-state index contributed by atoms with van der Waals surface area (Å²) in [7, 11) is 4.58. The normalized spacial score (nSPS) is 10.8. The summed E-state index contributed by atoms with van der Waals surface area (Å²) >= 11 is 1.48. The molecule has 0 unspecified atom stereocenters. The van der Waals surface area contributed by atoms with E-state index in [0.29, 0.717) is 27.9 Å². The second kappa shape index (κ2) is 9.46. The van der Waals surface area contributed by atoms with Gasteiger partial charge < -0.3 is 14.2 Å². The fourth-order valence-corrected chi connectivity index (χ4v) is 4.59. The number of aromatic nitrogens is 2. The van der Waals surface area contributed by atoms with Crippen molar-refractivity contribution in [2.24, 2.45) is 0 Å². The fraction of sp³-hybridized carbons (Fsp3) is 0.240. The average Bonchev–Trinajstić information content (AvgIpc) is 3.28. The standard InChI is InChI=1S/C25H25N3O4S/c1-15-9-10-21-22(16(15)2)27-25(33-21)28(14-18-8-6-7-11-26-18)24(29)17-12-19(30-3)23(32-5)20(13-17)31-4/h6-13H,14H2,1-5H3. The van der Waals surface area contributed by atoms with Gasteiger partial charge in [0.25, 0.3) is 5.91 Å². The van der Waals surface area contributed by atoms with E-state index in [1.54, 1.807) is 23.2 Å². The van der Waals surface area contributed by atoms with Crippen molar-refractivity contribution >= 4 is 32.6 Å². The van der Waals surface area contributed by atoms with Crippen LogP contribution in [-0.2, 0) is 6.54 Å². The Bertz CT molecular complexity index is 1280. The zero-order valence-corrected chi connectivity index (χ0v) is 20.0. The molecule has 1 amide bonds. The van der Waals surface area contributed by atoms with Crippen LogP contribution in [0.1, 0.15) is 27.2 Å². The summed E-state index contributed by atoms with van der Waals surface area (Å²) in [5.41, 5.74) is 4.32. The molecule has 4 rings (SSSR count). The number of pyridine rings is 1. The number of carbonyl (C=O) groups excluding carboxylic acids is 1. The van der Waals surface area contributed by atoms with Gasteiger partial charge in [-0.1, -0.05) is 23.5 Å². The first-order valence-corrected chi connectivity index (χ1v) is 11.2. The summed E-state index contributed by atoms with van der Waals surface area (Å²) in [6.07, 6.45) is 1.71. The van der Waals surface area contributed by atoms with Crippen LogP contribution in [0.2, 0.25) is 0 Å². The minimum atomic E-state index is -0.242. The molecule has 0 atom stereocenters. The van der Waals surface area contributed by atoms with E-state index < -0.39 is 0 Å². The zero-order valence-electron chi connectivity index (χ0n) is 19.2. The number of thiazole rings is 1. The molecule has 2 aromatic heterocycles. The van der Waals surface area contributed by atoms with Gasteiger partial charge in [0.2, 0.25) is 5.75 Å². The SMILES string of the molecule is COc1cc(C(=O)N(Cc2ccccn2)c2nc3c(C)c(C)ccc3s2)cc(OC)c1OC. The zero-order chi connectivity index (χ0) is 23.5. The maximum Gasteiger partial charge on any atom is 0.260 e. The van der Waals surface area contributed by atoms with Gasteiger partial charge in [-0.3, -0.25) is 14.7 Å². The number of hydrogen-bond acceptors (Lipinski definition) is 7. The van der Waals surface area contributed by atoms with Gasteiger partial charge in [-0.15, -0.1) is 0 Å². The van der Waals surface area contributed by atoms with Gasteiger partial charge in [0.05, 0.1) is 43.8 Å². The first-order valence-electron chi connectivity index (χ1n) is 10.3. The number of benzene rings is 2. The Labute approximate surface area is 196 Å². The third kappa shape index (κ3) is 4.34. The summed E-state index contributed by atoms with van der Waals surface area (Å²) in [4.78, 5) is 24.7. The Morgan fingerprint density at radius 3 is 2.33 bits per heavy atom. The largest absolute Gasteiger partial charge is 0.493 e. The number of fused-ring (bicyclic) bond motifs is 1. The Hall–Kier alpha value is -3.65. The average molecular weight is 464 g/mol. The Morgan fingerprint density at radius 1 is 1.00 bits per heavy atom. The lowest BCUT2D eigenvalue weighted by Crippen LogP contribution is -2.30. The van der Waals surface area contributed by atoms with Crippen molar-refractivity contribution in [3.63, 3.8) is 0 Å². The molecule has 0 bridgehead atoms. The Morgan fingerprint density at radius 2 is 1.73 bits per heavy atom. The lowest BCUT2D eigenvalue weighted by atomic mass is 10.1. The van der Waals surface area contributed by atoms with Crippen molar-refractivity contribution in [2.75, 3.05) is 26.2 Å². The molecular weight excluding hydrogens is 438 g/mol. The number of anilines is 1. The highest BCUT2D eigenvalue weighted by atomic mass is 32.1. The summed E-state index contributed by atoms with van der Waals surface area (Å²) in [6.45, 7) is 4.37. The molecule has 4 aromatic rings. The molecule has 0 aliphatic carbocycles. The maximum atomic E-state index is 13.8. The van der Waals surface area contributed by atoms with Gasteiger partial charge in [0, 0.05) is 11.8 Å². The second-order valence-corrected chi connectivity index (χ2v) is 8.49. The summed E-state index contributed by atoms with van der Waals surface area (Å²) in [5.74, 6) is 1.01. The van der Waals surface area contributed by atoms with Gasteiger partial charge in [0.15, 0.2) is 16.6 Å². The highest BCUT2D eigenvalue weighted by molar-refractivity contribution is 7.22. The van der Waals surface area contributed by atoms with E-state index in [2.05, 4.69) is 18.0 Å². The van der Waals surface area contributed by atoms with Crippen LogP contribution in [0.15, 0.2) is 48.7 Å². The lowest BCUT2D eigenvalue weighted by molar-refractivity contribution is 0.0984. The topological polar surface area (TPSA) is 73.8 Å². The van der Waals surface area contributed by atoms with E-state index in [9.17, 15) is 4.79 Å². The number of aryl methyl sites for hydroxylation is 2. The maximum absolute atomic E-state index is 13.8. The number of rotatable bonds is 7. The molecule has 2 aromatic carbocycles. The quantitative estimate of drug-likeness (QED) is 0.376. The molecule has 170 valence electrons. The smallest absolute Gasteiger partial charge is 0.260 e. The highest BCUT2D eigenvalue weighted by Crippen LogP contribution is 2.39. The van der Waals surface area contributed by atoms with Crippen LogP contribution < -0.4 is 19.1 Å². The van der Waals surface area contributed by atoms with Crippen LogP contribution in [-0.4, -0.2) is 37.2 Å². The molecule has 0 saturated heterocycles. The van der Waals surface area contributed by atoms with Crippen molar-refractivity contribution in [1.29, 1.82) is 0 Å². The number of hydrogen-bond donors (Lipinski definition) is 0. The van der Waals surface area contributed by atoms with Crippen LogP contribution in [0.25, 0.3) is 10.2 Å². The van der Waals surface area contributed by atoms with Crippen LogP contribution in [0, 0.1) is 13.8 Å². The molecule has 0 radical (unpaired) electrons. The predicted octanol–water partition coefficient (Wildman–Crippen LogP) is 5.18. The Balaban J connectivity index is 1.83. The molecule has 0 saturated carbocycles. The van der Waals surface area contributed by atoms with E-state index in [1.807, 2.05) is 31.2 Å². The van der Waals surface area contributed by atoms with Crippen LogP contribution >= 0.6 is 11.3 Å². The van der Waals surface area contributed by atoms with E-state index in [4.69, 9.17) is 19.2 Å². The molecule has 0 spiro atoms. The van der Waals surface area contributed by atoms with E-state index in [1.165, 1.54) is 32.7 Å². The van der Waals surface area contributed by atoms with Gasteiger partial charge in [-0.25, -0.2) is 4.98 Å². The molecule has 0 aliphatic rings. The molecule has 33 heavy (non-hydrogen) atoms. The summed E-state index contributed by atoms with van der Waals surface area (Å²) < 4.78 is 17.3. The van der Waals surface area contributed by atoms with E-state index in [-0.39, 0.29) is 12.5 Å². The number of carbonyl (C=O) groups is 1. The number of amides is 1. The lowest BCUT2D eigenvalue weighted by Gasteiger charge is -2.21. The van der Waals surface area contributed by atoms with Gasteiger partial charge in [0.1, 0.15) is 0 Å². The Kier molecular flexibility index (Phi) is 6.46. The van der Waals surface area contributed by atoms with Gasteiger partial charge >= 0.3 is 0 Å². The molecule has 7 nitrogen and oxygen atoms in total. The predicted molar refractivity (Wildman–Crippen MR) is 130 cm³/mol. The third-order valence-corrected chi connectivity index (χ3v) is 6.55. The fourth-order valence-electron chi connectivity index (χ4n) is 3.57. The third-order valence-electron chi connectivity index (χ3n) is 5.51. The van der Waals surface area contributed by atoms with Crippen molar-refractivity contribution in [3.05, 3.63) is 71.0 Å². The number of nitrogens with zero attached hydrogens (tertiary/aromatic N) is 3. The molecule has 0 fully saturated rings. The van der Waals surface area contributed by atoms with Crippen molar-refractivity contribution in [1.82, 2.24) is 9.97 Å². The molecular formula is C25H25N3O4S.